The number of nitrogens with zero attached hydrogens (tertiary/aromatic N) is 4. The zero-order chi connectivity index (χ0) is 11.7. The maximum atomic E-state index is 5.60. The van der Waals surface area contributed by atoms with Crippen LogP contribution in [0, 0.1) is 5.92 Å². The first kappa shape index (κ1) is 11.1. The predicted molar refractivity (Wildman–Crippen MR) is 65.3 cm³/mol. The Labute approximate surface area is 96.3 Å². The van der Waals surface area contributed by atoms with Crippen LogP contribution in [0.25, 0.3) is 0 Å². The summed E-state index contributed by atoms with van der Waals surface area (Å²) in [6, 6.07) is 2.50. The van der Waals surface area contributed by atoms with Crippen LogP contribution >= 0.6 is 0 Å². The molecule has 2 rings (SSSR count). The number of nitrogens with two attached hydrogens (primary N) is 1. The van der Waals surface area contributed by atoms with Crippen LogP contribution in [0.2, 0.25) is 0 Å². The van der Waals surface area contributed by atoms with Crippen LogP contribution < -0.4 is 10.6 Å². The molecule has 0 radical (unpaired) electrons. The molecule has 0 spiro atoms. The molecular formula is C11H19N5. The van der Waals surface area contributed by atoms with Crippen molar-refractivity contribution in [3.63, 3.8) is 0 Å². The summed E-state index contributed by atoms with van der Waals surface area (Å²) in [6.07, 6.45) is 1.71. The Morgan fingerprint density at radius 3 is 2.75 bits per heavy atom. The molecule has 5 heteroatoms. The van der Waals surface area contributed by atoms with E-state index in [9.17, 15) is 0 Å². The second kappa shape index (κ2) is 4.25. The Hall–Kier alpha value is -1.36. The topological polar surface area (TPSA) is 58.3 Å². The van der Waals surface area contributed by atoms with Gasteiger partial charge in [-0.2, -0.15) is 4.98 Å². The van der Waals surface area contributed by atoms with Gasteiger partial charge in [-0.3, -0.25) is 0 Å². The summed E-state index contributed by atoms with van der Waals surface area (Å²) in [4.78, 5) is 12.7. The SMILES string of the molecule is CC1CN(c2ccnc(N)n2)CC1N(C)C. The first-order valence-electron chi connectivity index (χ1n) is 5.58. The van der Waals surface area contributed by atoms with E-state index < -0.39 is 0 Å². The van der Waals surface area contributed by atoms with Crippen LogP contribution in [0.4, 0.5) is 11.8 Å². The van der Waals surface area contributed by atoms with Crippen molar-refractivity contribution in [3.8, 4) is 0 Å². The molecule has 0 saturated carbocycles. The molecule has 5 nitrogen and oxygen atoms in total. The van der Waals surface area contributed by atoms with Crippen LogP contribution in [-0.2, 0) is 0 Å². The zero-order valence-corrected chi connectivity index (χ0v) is 10.1. The molecule has 16 heavy (non-hydrogen) atoms. The second-order valence-electron chi connectivity index (χ2n) is 4.69. The summed E-state index contributed by atoms with van der Waals surface area (Å²) in [6.45, 7) is 4.30. The lowest BCUT2D eigenvalue weighted by atomic mass is 10.1. The van der Waals surface area contributed by atoms with Crippen LogP contribution in [0.1, 0.15) is 6.92 Å². The highest BCUT2D eigenvalue weighted by molar-refractivity contribution is 5.42. The van der Waals surface area contributed by atoms with E-state index in [4.69, 9.17) is 5.73 Å². The molecule has 0 amide bonds. The molecule has 1 aromatic rings. The molecule has 0 aromatic carbocycles. The average Bonchev–Trinajstić information content (AvgIpc) is 2.60. The molecule has 1 fully saturated rings. The van der Waals surface area contributed by atoms with Gasteiger partial charge in [0, 0.05) is 25.3 Å². The number of likely N-dealkylation sites (N-methyl/N-ethyl adjacent to an activating group) is 1. The largest absolute Gasteiger partial charge is 0.368 e. The van der Waals surface area contributed by atoms with E-state index >= 15 is 0 Å². The average molecular weight is 221 g/mol. The third-order valence-electron chi connectivity index (χ3n) is 3.22. The molecule has 2 atom stereocenters. The smallest absolute Gasteiger partial charge is 0.221 e. The molecule has 1 aliphatic heterocycles. The van der Waals surface area contributed by atoms with Crippen molar-refractivity contribution in [1.82, 2.24) is 14.9 Å². The minimum Gasteiger partial charge on any atom is -0.368 e. The van der Waals surface area contributed by atoms with Crippen molar-refractivity contribution in [2.24, 2.45) is 5.92 Å². The predicted octanol–water partition coefficient (Wildman–Crippen LogP) is 0.445. The summed E-state index contributed by atoms with van der Waals surface area (Å²) in [5.41, 5.74) is 5.60. The monoisotopic (exact) mass is 221 g/mol. The van der Waals surface area contributed by atoms with Crippen molar-refractivity contribution in [2.75, 3.05) is 37.8 Å². The fraction of sp³-hybridized carbons (Fsp3) is 0.636. The molecule has 0 bridgehead atoms. The van der Waals surface area contributed by atoms with Gasteiger partial charge in [0.05, 0.1) is 0 Å². The molecule has 1 aliphatic rings. The lowest BCUT2D eigenvalue weighted by Crippen LogP contribution is -2.34. The third kappa shape index (κ3) is 2.09. The maximum Gasteiger partial charge on any atom is 0.221 e. The standard InChI is InChI=1S/C11H19N5/c1-8-6-16(7-9(8)15(2)3)10-4-5-13-11(12)14-10/h4-5,8-9H,6-7H2,1-3H3,(H2,12,13,14). The Morgan fingerprint density at radius 1 is 1.44 bits per heavy atom. The van der Waals surface area contributed by atoms with Gasteiger partial charge in [-0.25, -0.2) is 4.98 Å². The molecule has 2 unspecified atom stereocenters. The van der Waals surface area contributed by atoms with Gasteiger partial charge in [0.25, 0.3) is 0 Å². The van der Waals surface area contributed by atoms with E-state index in [1.54, 1.807) is 6.20 Å². The summed E-state index contributed by atoms with van der Waals surface area (Å²) in [7, 11) is 4.25. The van der Waals surface area contributed by atoms with E-state index in [2.05, 4.69) is 40.8 Å². The normalized spacial score (nSPS) is 25.4. The third-order valence-corrected chi connectivity index (χ3v) is 3.22. The van der Waals surface area contributed by atoms with Gasteiger partial charge >= 0.3 is 0 Å². The van der Waals surface area contributed by atoms with Gasteiger partial charge in [-0.1, -0.05) is 6.92 Å². The number of nitrogen functional groups attached to an aromatic ring is 1. The van der Waals surface area contributed by atoms with Crippen molar-refractivity contribution >= 4 is 11.8 Å². The fourth-order valence-corrected chi connectivity index (χ4v) is 2.35. The van der Waals surface area contributed by atoms with Crippen LogP contribution in [0.5, 0.6) is 0 Å². The molecular weight excluding hydrogens is 202 g/mol. The van der Waals surface area contributed by atoms with Crippen LogP contribution in [0.15, 0.2) is 12.3 Å². The van der Waals surface area contributed by atoms with Crippen molar-refractivity contribution in [2.45, 2.75) is 13.0 Å². The van der Waals surface area contributed by atoms with Crippen LogP contribution in [0.3, 0.4) is 0 Å². The highest BCUT2D eigenvalue weighted by Crippen LogP contribution is 2.24. The number of hydrogen-bond donors (Lipinski definition) is 1. The molecule has 0 aliphatic carbocycles. The molecule has 1 saturated heterocycles. The maximum absolute atomic E-state index is 5.60. The number of anilines is 2. The summed E-state index contributed by atoms with van der Waals surface area (Å²) < 4.78 is 0. The zero-order valence-electron chi connectivity index (χ0n) is 10.1. The molecule has 1 aromatic heterocycles. The Kier molecular flexibility index (Phi) is 2.96. The van der Waals surface area contributed by atoms with E-state index in [1.807, 2.05) is 6.07 Å². The lowest BCUT2D eigenvalue weighted by molar-refractivity contribution is 0.266. The first-order chi connectivity index (χ1) is 7.58. The Bertz CT molecular complexity index is 365. The number of rotatable bonds is 2. The van der Waals surface area contributed by atoms with Gasteiger partial charge in [0.1, 0.15) is 5.82 Å². The highest BCUT2D eigenvalue weighted by Gasteiger charge is 2.31. The van der Waals surface area contributed by atoms with Gasteiger partial charge < -0.3 is 15.5 Å². The number of hydrogen-bond acceptors (Lipinski definition) is 5. The van der Waals surface area contributed by atoms with E-state index in [0.29, 0.717) is 17.9 Å². The Morgan fingerprint density at radius 2 is 2.19 bits per heavy atom. The minimum absolute atomic E-state index is 0.346. The van der Waals surface area contributed by atoms with E-state index in [1.165, 1.54) is 0 Å². The van der Waals surface area contributed by atoms with E-state index in [-0.39, 0.29) is 0 Å². The van der Waals surface area contributed by atoms with Gasteiger partial charge in [-0.05, 0) is 26.1 Å². The minimum atomic E-state index is 0.346. The van der Waals surface area contributed by atoms with Crippen molar-refractivity contribution in [1.29, 1.82) is 0 Å². The number of aromatic nitrogens is 2. The van der Waals surface area contributed by atoms with Crippen molar-refractivity contribution < 1.29 is 0 Å². The highest BCUT2D eigenvalue weighted by atomic mass is 15.3. The lowest BCUT2D eigenvalue weighted by Gasteiger charge is -2.22. The Balaban J connectivity index is 2.13. The molecule has 88 valence electrons. The summed E-state index contributed by atoms with van der Waals surface area (Å²) >= 11 is 0. The fourth-order valence-electron chi connectivity index (χ4n) is 2.35. The summed E-state index contributed by atoms with van der Waals surface area (Å²) in [5, 5.41) is 0. The van der Waals surface area contributed by atoms with Gasteiger partial charge in [0.15, 0.2) is 0 Å². The van der Waals surface area contributed by atoms with Gasteiger partial charge in [-0.15, -0.1) is 0 Å². The first-order valence-corrected chi connectivity index (χ1v) is 5.58. The summed E-state index contributed by atoms with van der Waals surface area (Å²) in [5.74, 6) is 1.92. The quantitative estimate of drug-likeness (QED) is 0.785. The van der Waals surface area contributed by atoms with Gasteiger partial charge in [0.2, 0.25) is 5.95 Å². The molecule has 2 N–H and O–H groups in total. The van der Waals surface area contributed by atoms with Crippen molar-refractivity contribution in [3.05, 3.63) is 12.3 Å². The second-order valence-corrected chi connectivity index (χ2v) is 4.69. The molecule has 2 heterocycles. The van der Waals surface area contributed by atoms with Crippen LogP contribution in [-0.4, -0.2) is 48.1 Å². The van der Waals surface area contributed by atoms with E-state index in [0.717, 1.165) is 18.9 Å².